The third-order valence-electron chi connectivity index (χ3n) is 5.32. The van der Waals surface area contributed by atoms with E-state index in [0.717, 1.165) is 21.3 Å². The van der Waals surface area contributed by atoms with Gasteiger partial charge in [0.15, 0.2) is 5.65 Å². The summed E-state index contributed by atoms with van der Waals surface area (Å²) in [5.41, 5.74) is 4.04. The van der Waals surface area contributed by atoms with Crippen LogP contribution >= 0.6 is 15.9 Å². The first-order valence-electron chi connectivity index (χ1n) is 10.3. The van der Waals surface area contributed by atoms with E-state index < -0.39 is 10.0 Å². The Morgan fingerprint density at radius 3 is 2.52 bits per heavy atom. The summed E-state index contributed by atoms with van der Waals surface area (Å²) >= 11 is 3.51. The number of fused-ring (bicyclic) bond motifs is 1. The molecule has 0 spiro atoms. The number of aromatic nitrogens is 4. The highest BCUT2D eigenvalue weighted by atomic mass is 79.9. The van der Waals surface area contributed by atoms with Crippen LogP contribution in [0.5, 0.6) is 0 Å². The van der Waals surface area contributed by atoms with Gasteiger partial charge in [-0.15, -0.1) is 0 Å². The Balaban J connectivity index is 1.49. The molecule has 3 aromatic heterocycles. The van der Waals surface area contributed by atoms with Gasteiger partial charge in [0.05, 0.1) is 33.5 Å². The monoisotopic (exact) mass is 521 g/mol. The van der Waals surface area contributed by atoms with Crippen LogP contribution in [0.2, 0.25) is 0 Å². The van der Waals surface area contributed by atoms with E-state index in [1.165, 1.54) is 3.97 Å². The zero-order valence-electron chi connectivity index (χ0n) is 17.7. The molecule has 0 saturated carbocycles. The van der Waals surface area contributed by atoms with Crippen LogP contribution in [0.3, 0.4) is 0 Å². The van der Waals surface area contributed by atoms with Gasteiger partial charge in [0.1, 0.15) is 5.82 Å². The Kier molecular flexibility index (Phi) is 5.51. The Labute approximate surface area is 199 Å². The minimum atomic E-state index is -3.70. The number of aryl methyl sites for hydroxylation is 1. The molecule has 0 radical (unpaired) electrons. The fourth-order valence-corrected chi connectivity index (χ4v) is 5.32. The SMILES string of the molecule is Cc1ccc(S(=O)(=O)n2cccc2CNc2cc(-c3ccccc3)nc3c(Br)cnn23)cc1. The van der Waals surface area contributed by atoms with Gasteiger partial charge < -0.3 is 5.32 Å². The lowest BCUT2D eigenvalue weighted by Gasteiger charge is -2.14. The molecule has 33 heavy (non-hydrogen) atoms. The van der Waals surface area contributed by atoms with E-state index in [9.17, 15) is 8.42 Å². The predicted molar refractivity (Wildman–Crippen MR) is 132 cm³/mol. The zero-order chi connectivity index (χ0) is 23.0. The molecule has 0 amide bonds. The molecule has 0 unspecified atom stereocenters. The summed E-state index contributed by atoms with van der Waals surface area (Å²) in [6.45, 7) is 2.21. The van der Waals surface area contributed by atoms with Crippen LogP contribution in [0.25, 0.3) is 16.9 Å². The third kappa shape index (κ3) is 4.05. The van der Waals surface area contributed by atoms with Crippen molar-refractivity contribution in [2.24, 2.45) is 0 Å². The fourth-order valence-electron chi connectivity index (χ4n) is 3.60. The van der Waals surface area contributed by atoms with Crippen LogP contribution in [-0.4, -0.2) is 27.0 Å². The summed E-state index contributed by atoms with van der Waals surface area (Å²) in [5.74, 6) is 0.699. The maximum atomic E-state index is 13.2. The first-order valence-corrected chi connectivity index (χ1v) is 12.5. The molecule has 3 heterocycles. The van der Waals surface area contributed by atoms with Gasteiger partial charge >= 0.3 is 0 Å². The molecular formula is C24H20BrN5O2S. The lowest BCUT2D eigenvalue weighted by atomic mass is 10.1. The molecule has 0 aliphatic heterocycles. The van der Waals surface area contributed by atoms with E-state index in [1.54, 1.807) is 53.3 Å². The zero-order valence-corrected chi connectivity index (χ0v) is 20.1. The van der Waals surface area contributed by atoms with E-state index in [-0.39, 0.29) is 11.4 Å². The molecule has 0 bridgehead atoms. The molecule has 0 aliphatic carbocycles. The van der Waals surface area contributed by atoms with Crippen LogP contribution in [0, 0.1) is 6.92 Å². The molecule has 0 saturated heterocycles. The van der Waals surface area contributed by atoms with Crippen LogP contribution in [-0.2, 0) is 16.6 Å². The maximum absolute atomic E-state index is 13.2. The molecule has 1 N–H and O–H groups in total. The number of rotatable bonds is 6. The molecule has 0 atom stereocenters. The molecule has 0 fully saturated rings. The van der Waals surface area contributed by atoms with Crippen molar-refractivity contribution in [2.75, 3.05) is 5.32 Å². The van der Waals surface area contributed by atoms with Crippen LogP contribution < -0.4 is 5.32 Å². The van der Waals surface area contributed by atoms with Crippen LogP contribution in [0.15, 0.2) is 94.6 Å². The Bertz CT molecular complexity index is 1540. The number of nitrogens with one attached hydrogen (secondary N) is 1. The van der Waals surface area contributed by atoms with Crippen molar-refractivity contribution in [1.29, 1.82) is 0 Å². The summed E-state index contributed by atoms with van der Waals surface area (Å²) in [7, 11) is -3.70. The summed E-state index contributed by atoms with van der Waals surface area (Å²) in [6, 6.07) is 22.1. The van der Waals surface area contributed by atoms with Crippen molar-refractivity contribution in [3.63, 3.8) is 0 Å². The smallest absolute Gasteiger partial charge is 0.267 e. The van der Waals surface area contributed by atoms with Crippen LogP contribution in [0.4, 0.5) is 5.82 Å². The molecule has 9 heteroatoms. The minimum absolute atomic E-state index is 0.249. The second-order valence-electron chi connectivity index (χ2n) is 7.59. The van der Waals surface area contributed by atoms with Crippen molar-refractivity contribution < 1.29 is 8.42 Å². The highest BCUT2D eigenvalue weighted by molar-refractivity contribution is 9.10. The Morgan fingerprint density at radius 2 is 1.76 bits per heavy atom. The highest BCUT2D eigenvalue weighted by Gasteiger charge is 2.19. The van der Waals surface area contributed by atoms with Crippen molar-refractivity contribution in [2.45, 2.75) is 18.4 Å². The fraction of sp³-hybridized carbons (Fsp3) is 0.0833. The first-order chi connectivity index (χ1) is 15.9. The van der Waals surface area contributed by atoms with Gasteiger partial charge in [0.25, 0.3) is 10.0 Å². The average Bonchev–Trinajstić information content (AvgIpc) is 3.46. The van der Waals surface area contributed by atoms with Gasteiger partial charge in [-0.1, -0.05) is 48.0 Å². The third-order valence-corrected chi connectivity index (χ3v) is 7.62. The number of halogens is 1. The molecule has 2 aromatic carbocycles. The molecular weight excluding hydrogens is 502 g/mol. The number of hydrogen-bond acceptors (Lipinski definition) is 5. The van der Waals surface area contributed by atoms with E-state index in [4.69, 9.17) is 4.98 Å². The largest absolute Gasteiger partial charge is 0.364 e. The number of nitrogens with zero attached hydrogens (tertiary/aromatic N) is 4. The molecule has 5 rings (SSSR count). The summed E-state index contributed by atoms with van der Waals surface area (Å²) in [4.78, 5) is 4.98. The van der Waals surface area contributed by atoms with E-state index in [2.05, 4.69) is 26.3 Å². The molecule has 0 aliphatic rings. The van der Waals surface area contributed by atoms with E-state index in [1.807, 2.05) is 43.3 Å². The molecule has 7 nitrogen and oxygen atoms in total. The lowest BCUT2D eigenvalue weighted by Crippen LogP contribution is -2.17. The number of benzene rings is 2. The quantitative estimate of drug-likeness (QED) is 0.335. The van der Waals surface area contributed by atoms with Gasteiger partial charge in [-0.3, -0.25) is 0 Å². The Morgan fingerprint density at radius 1 is 1.00 bits per heavy atom. The molecule has 166 valence electrons. The first kappa shape index (κ1) is 21.4. The van der Waals surface area contributed by atoms with Crippen molar-refractivity contribution >= 4 is 37.4 Å². The van der Waals surface area contributed by atoms with Crippen LogP contribution in [0.1, 0.15) is 11.3 Å². The van der Waals surface area contributed by atoms with Crippen molar-refractivity contribution in [1.82, 2.24) is 18.6 Å². The highest BCUT2D eigenvalue weighted by Crippen LogP contribution is 2.26. The van der Waals surface area contributed by atoms with E-state index >= 15 is 0 Å². The second kappa shape index (κ2) is 8.49. The molecule has 5 aromatic rings. The minimum Gasteiger partial charge on any atom is -0.364 e. The van der Waals surface area contributed by atoms with Gasteiger partial charge in [-0.05, 0) is 47.1 Å². The predicted octanol–water partition coefficient (Wildman–Crippen LogP) is 5.12. The van der Waals surface area contributed by atoms with E-state index in [0.29, 0.717) is 17.2 Å². The summed E-state index contributed by atoms with van der Waals surface area (Å²) < 4.78 is 30.2. The van der Waals surface area contributed by atoms with Crippen molar-refractivity contribution in [3.05, 3.63) is 101 Å². The number of hydrogen-bond donors (Lipinski definition) is 1. The normalized spacial score (nSPS) is 11.7. The lowest BCUT2D eigenvalue weighted by molar-refractivity contribution is 0.585. The van der Waals surface area contributed by atoms with Gasteiger partial charge in [-0.2, -0.15) is 9.61 Å². The Hall–Kier alpha value is -3.43. The maximum Gasteiger partial charge on any atom is 0.267 e. The average molecular weight is 522 g/mol. The van der Waals surface area contributed by atoms with Crippen molar-refractivity contribution in [3.8, 4) is 11.3 Å². The topological polar surface area (TPSA) is 81.3 Å². The number of anilines is 1. The standard InChI is InChI=1S/C24H20BrN5O2S/c1-17-9-11-20(12-10-17)33(31,32)29-13-5-8-19(29)15-26-23-14-22(18-6-3-2-4-7-18)28-24-21(25)16-27-30(23)24/h2-14,16,26H,15H2,1H3. The van der Waals surface area contributed by atoms with Gasteiger partial charge in [0, 0.05) is 17.8 Å². The summed E-state index contributed by atoms with van der Waals surface area (Å²) in [6.07, 6.45) is 3.25. The second-order valence-corrected chi connectivity index (χ2v) is 10.3. The van der Waals surface area contributed by atoms with Gasteiger partial charge in [0.2, 0.25) is 0 Å². The van der Waals surface area contributed by atoms with Gasteiger partial charge in [-0.25, -0.2) is 17.4 Å². The summed E-state index contributed by atoms with van der Waals surface area (Å²) in [5, 5.41) is 7.74.